The van der Waals surface area contributed by atoms with Crippen LogP contribution in [0.3, 0.4) is 0 Å². The lowest BCUT2D eigenvalue weighted by atomic mass is 10.1. The number of carbonyl (C=O) groups is 1. The summed E-state index contributed by atoms with van der Waals surface area (Å²) in [7, 11) is 1.22. The third kappa shape index (κ3) is 2.74. The number of nitrogens with zero attached hydrogens (tertiary/aromatic N) is 2. The second kappa shape index (κ2) is 5.26. The molecule has 1 aromatic carbocycles. The highest BCUT2D eigenvalue weighted by Gasteiger charge is 2.15. The van der Waals surface area contributed by atoms with Crippen LogP contribution in [-0.2, 0) is 4.74 Å². The molecule has 96 valence electrons. The SMILES string of the molecule is COC(=O)c1cc(-c2ccccn2)cc([N+](=O)[O-])c1. The fourth-order valence-corrected chi connectivity index (χ4v) is 1.63. The fourth-order valence-electron chi connectivity index (χ4n) is 1.63. The molecule has 0 aliphatic heterocycles. The van der Waals surface area contributed by atoms with Crippen LogP contribution in [0.2, 0.25) is 0 Å². The van der Waals surface area contributed by atoms with Crippen molar-refractivity contribution in [1.29, 1.82) is 0 Å². The van der Waals surface area contributed by atoms with Crippen molar-refractivity contribution in [3.05, 3.63) is 58.3 Å². The molecule has 6 nitrogen and oxygen atoms in total. The van der Waals surface area contributed by atoms with E-state index >= 15 is 0 Å². The Morgan fingerprint density at radius 1 is 1.32 bits per heavy atom. The molecule has 0 bridgehead atoms. The maximum atomic E-state index is 11.5. The van der Waals surface area contributed by atoms with Crippen LogP contribution < -0.4 is 0 Å². The number of carbonyl (C=O) groups excluding carboxylic acids is 1. The van der Waals surface area contributed by atoms with Gasteiger partial charge in [0.15, 0.2) is 0 Å². The van der Waals surface area contributed by atoms with Crippen molar-refractivity contribution in [1.82, 2.24) is 4.98 Å². The minimum absolute atomic E-state index is 0.123. The highest BCUT2D eigenvalue weighted by molar-refractivity contribution is 5.91. The molecule has 19 heavy (non-hydrogen) atoms. The fraction of sp³-hybridized carbons (Fsp3) is 0.0769. The third-order valence-corrected chi connectivity index (χ3v) is 2.51. The van der Waals surface area contributed by atoms with Crippen LogP contribution in [0, 0.1) is 10.1 Å². The summed E-state index contributed by atoms with van der Waals surface area (Å²) in [5, 5.41) is 10.9. The number of hydrogen-bond donors (Lipinski definition) is 0. The van der Waals surface area contributed by atoms with Crippen LogP contribution in [0.1, 0.15) is 10.4 Å². The van der Waals surface area contributed by atoms with Gasteiger partial charge in [0, 0.05) is 23.9 Å². The molecule has 0 N–H and O–H groups in total. The molecule has 0 saturated heterocycles. The summed E-state index contributed by atoms with van der Waals surface area (Å²) in [6.45, 7) is 0. The summed E-state index contributed by atoms with van der Waals surface area (Å²) in [6, 6.07) is 9.27. The molecule has 0 amide bonds. The predicted octanol–water partition coefficient (Wildman–Crippen LogP) is 2.44. The zero-order valence-electron chi connectivity index (χ0n) is 10.1. The number of non-ortho nitro benzene ring substituents is 1. The molecule has 1 aromatic heterocycles. The van der Waals surface area contributed by atoms with Crippen molar-refractivity contribution in [2.45, 2.75) is 0 Å². The van der Waals surface area contributed by atoms with Gasteiger partial charge in [-0.1, -0.05) is 6.07 Å². The molecular weight excluding hydrogens is 248 g/mol. The van der Waals surface area contributed by atoms with Crippen molar-refractivity contribution >= 4 is 11.7 Å². The highest BCUT2D eigenvalue weighted by Crippen LogP contribution is 2.25. The minimum Gasteiger partial charge on any atom is -0.465 e. The molecule has 0 spiro atoms. The normalized spacial score (nSPS) is 9.95. The number of aromatic nitrogens is 1. The van der Waals surface area contributed by atoms with Gasteiger partial charge in [0.05, 0.1) is 23.3 Å². The summed E-state index contributed by atoms with van der Waals surface area (Å²) in [4.78, 5) is 25.9. The first-order chi connectivity index (χ1) is 9.11. The smallest absolute Gasteiger partial charge is 0.338 e. The number of hydrogen-bond acceptors (Lipinski definition) is 5. The average Bonchev–Trinajstić information content (AvgIpc) is 2.46. The molecule has 0 saturated carbocycles. The van der Waals surface area contributed by atoms with Crippen LogP contribution in [0.4, 0.5) is 5.69 Å². The summed E-state index contributed by atoms with van der Waals surface area (Å²) in [5.41, 5.74) is 0.993. The number of nitro groups is 1. The van der Waals surface area contributed by atoms with Crippen molar-refractivity contribution in [3.63, 3.8) is 0 Å². The Bertz CT molecular complexity index is 626. The molecule has 0 radical (unpaired) electrons. The van der Waals surface area contributed by atoms with E-state index in [9.17, 15) is 14.9 Å². The van der Waals surface area contributed by atoms with Crippen LogP contribution in [0.25, 0.3) is 11.3 Å². The zero-order valence-corrected chi connectivity index (χ0v) is 10.1. The van der Waals surface area contributed by atoms with E-state index in [1.807, 2.05) is 0 Å². The molecule has 6 heteroatoms. The maximum absolute atomic E-state index is 11.5. The Morgan fingerprint density at radius 2 is 2.11 bits per heavy atom. The van der Waals surface area contributed by atoms with Crippen LogP contribution in [-0.4, -0.2) is 23.0 Å². The topological polar surface area (TPSA) is 82.3 Å². The average molecular weight is 258 g/mol. The van der Waals surface area contributed by atoms with Gasteiger partial charge in [-0.2, -0.15) is 0 Å². The van der Waals surface area contributed by atoms with Gasteiger partial charge in [-0.05, 0) is 18.2 Å². The molecule has 0 atom stereocenters. The number of pyridine rings is 1. The maximum Gasteiger partial charge on any atom is 0.338 e. The van der Waals surface area contributed by atoms with Gasteiger partial charge < -0.3 is 4.74 Å². The van der Waals surface area contributed by atoms with Gasteiger partial charge in [0.2, 0.25) is 0 Å². The molecule has 1 heterocycles. The summed E-state index contributed by atoms with van der Waals surface area (Å²) in [5.74, 6) is -0.624. The van der Waals surface area contributed by atoms with Gasteiger partial charge in [-0.15, -0.1) is 0 Å². The molecule has 0 unspecified atom stereocenters. The zero-order chi connectivity index (χ0) is 13.8. The quantitative estimate of drug-likeness (QED) is 0.479. The van der Waals surface area contributed by atoms with E-state index in [0.29, 0.717) is 11.3 Å². The van der Waals surface area contributed by atoms with E-state index in [1.54, 1.807) is 24.4 Å². The van der Waals surface area contributed by atoms with Gasteiger partial charge in [0.25, 0.3) is 5.69 Å². The van der Waals surface area contributed by atoms with Crippen molar-refractivity contribution < 1.29 is 14.5 Å². The van der Waals surface area contributed by atoms with Crippen LogP contribution in [0.15, 0.2) is 42.6 Å². The van der Waals surface area contributed by atoms with E-state index in [-0.39, 0.29) is 11.3 Å². The summed E-state index contributed by atoms with van der Waals surface area (Å²) < 4.78 is 4.58. The molecule has 0 fully saturated rings. The standard InChI is InChI=1S/C13H10N2O4/c1-19-13(16)10-6-9(7-11(8-10)15(17)18)12-4-2-3-5-14-12/h2-8H,1H3. The lowest BCUT2D eigenvalue weighted by Gasteiger charge is -2.04. The van der Waals surface area contributed by atoms with E-state index in [0.717, 1.165) is 0 Å². The largest absolute Gasteiger partial charge is 0.465 e. The Labute approximate surface area is 108 Å². The van der Waals surface area contributed by atoms with E-state index in [2.05, 4.69) is 9.72 Å². The second-order valence-corrected chi connectivity index (χ2v) is 3.73. The van der Waals surface area contributed by atoms with E-state index in [1.165, 1.54) is 25.3 Å². The van der Waals surface area contributed by atoms with Gasteiger partial charge in [-0.3, -0.25) is 15.1 Å². The van der Waals surface area contributed by atoms with Gasteiger partial charge in [-0.25, -0.2) is 4.79 Å². The van der Waals surface area contributed by atoms with Crippen molar-refractivity contribution in [3.8, 4) is 11.3 Å². The number of benzene rings is 1. The van der Waals surface area contributed by atoms with Gasteiger partial charge in [0.1, 0.15) is 0 Å². The Balaban J connectivity index is 2.58. The second-order valence-electron chi connectivity index (χ2n) is 3.73. The number of ether oxygens (including phenoxy) is 1. The van der Waals surface area contributed by atoms with Crippen LogP contribution in [0.5, 0.6) is 0 Å². The lowest BCUT2D eigenvalue weighted by molar-refractivity contribution is -0.384. The molecule has 0 aliphatic carbocycles. The highest BCUT2D eigenvalue weighted by atomic mass is 16.6. The Hall–Kier alpha value is -2.76. The Morgan fingerprint density at radius 3 is 2.68 bits per heavy atom. The monoisotopic (exact) mass is 258 g/mol. The molecule has 0 aliphatic rings. The van der Waals surface area contributed by atoms with Crippen molar-refractivity contribution in [2.24, 2.45) is 0 Å². The lowest BCUT2D eigenvalue weighted by Crippen LogP contribution is -2.03. The first-order valence-corrected chi connectivity index (χ1v) is 5.41. The number of esters is 1. The van der Waals surface area contributed by atoms with E-state index in [4.69, 9.17) is 0 Å². The molecular formula is C13H10N2O4. The number of nitro benzene ring substituents is 1. The minimum atomic E-state index is -0.624. The first kappa shape index (κ1) is 12.7. The van der Waals surface area contributed by atoms with Gasteiger partial charge >= 0.3 is 5.97 Å². The number of methoxy groups -OCH3 is 1. The summed E-state index contributed by atoms with van der Waals surface area (Å²) in [6.07, 6.45) is 1.58. The van der Waals surface area contributed by atoms with E-state index < -0.39 is 10.9 Å². The summed E-state index contributed by atoms with van der Waals surface area (Å²) >= 11 is 0. The van der Waals surface area contributed by atoms with Crippen molar-refractivity contribution in [2.75, 3.05) is 7.11 Å². The molecule has 2 rings (SSSR count). The predicted molar refractivity (Wildman–Crippen MR) is 67.7 cm³/mol. The van der Waals surface area contributed by atoms with Crippen LogP contribution >= 0.6 is 0 Å². The third-order valence-electron chi connectivity index (χ3n) is 2.51. The number of rotatable bonds is 3. The Kier molecular flexibility index (Phi) is 3.51. The first-order valence-electron chi connectivity index (χ1n) is 5.41. The molecule has 2 aromatic rings.